The largest absolute Gasteiger partial charge is 0.354 e. The summed E-state index contributed by atoms with van der Waals surface area (Å²) in [6.45, 7) is 11.7. The maximum absolute atomic E-state index is 6.07. The topological polar surface area (TPSA) is 32.3 Å². The van der Waals surface area contributed by atoms with E-state index in [9.17, 15) is 0 Å². The minimum absolute atomic E-state index is 0.488. The second kappa shape index (κ2) is 8.27. The lowest BCUT2D eigenvalue weighted by atomic mass is 10.3. The van der Waals surface area contributed by atoms with Crippen molar-refractivity contribution >= 4 is 17.4 Å². The van der Waals surface area contributed by atoms with Gasteiger partial charge in [0, 0.05) is 25.5 Å². The highest BCUT2D eigenvalue weighted by molar-refractivity contribution is 6.31. The SMILES string of the molecule is CCN(CC)CCCN(CC)c1nccnc1Cl. The number of rotatable bonds is 8. The zero-order valence-electron chi connectivity index (χ0n) is 11.6. The molecule has 0 atom stereocenters. The van der Waals surface area contributed by atoms with E-state index in [1.165, 1.54) is 0 Å². The van der Waals surface area contributed by atoms with Gasteiger partial charge < -0.3 is 9.80 Å². The van der Waals surface area contributed by atoms with Gasteiger partial charge >= 0.3 is 0 Å². The molecule has 18 heavy (non-hydrogen) atoms. The Morgan fingerprint density at radius 2 is 1.67 bits per heavy atom. The van der Waals surface area contributed by atoms with Crippen LogP contribution in [-0.2, 0) is 0 Å². The first-order valence-corrected chi connectivity index (χ1v) is 7.04. The van der Waals surface area contributed by atoms with Crippen molar-refractivity contribution in [3.8, 4) is 0 Å². The second-order valence-electron chi connectivity index (χ2n) is 4.13. The van der Waals surface area contributed by atoms with Crippen molar-refractivity contribution in [1.82, 2.24) is 14.9 Å². The summed E-state index contributed by atoms with van der Waals surface area (Å²) in [7, 11) is 0. The third-order valence-electron chi connectivity index (χ3n) is 3.11. The van der Waals surface area contributed by atoms with Crippen molar-refractivity contribution in [3.05, 3.63) is 17.5 Å². The predicted molar refractivity (Wildman–Crippen MR) is 77.3 cm³/mol. The number of hydrogen-bond donors (Lipinski definition) is 0. The van der Waals surface area contributed by atoms with Crippen molar-refractivity contribution in [2.24, 2.45) is 0 Å². The van der Waals surface area contributed by atoms with Crippen LogP contribution in [0.3, 0.4) is 0 Å². The van der Waals surface area contributed by atoms with Gasteiger partial charge in [-0.25, -0.2) is 9.97 Å². The summed E-state index contributed by atoms with van der Waals surface area (Å²) in [5, 5.41) is 0.488. The van der Waals surface area contributed by atoms with Crippen molar-refractivity contribution in [2.45, 2.75) is 27.2 Å². The van der Waals surface area contributed by atoms with Gasteiger partial charge in [-0.3, -0.25) is 0 Å². The van der Waals surface area contributed by atoms with Crippen molar-refractivity contribution in [2.75, 3.05) is 37.6 Å². The molecule has 0 saturated carbocycles. The highest BCUT2D eigenvalue weighted by Crippen LogP contribution is 2.19. The lowest BCUT2D eigenvalue weighted by molar-refractivity contribution is 0.300. The lowest BCUT2D eigenvalue weighted by Crippen LogP contribution is -2.30. The van der Waals surface area contributed by atoms with E-state index in [1.54, 1.807) is 12.4 Å². The number of halogens is 1. The van der Waals surface area contributed by atoms with E-state index in [4.69, 9.17) is 11.6 Å². The molecule has 5 heteroatoms. The van der Waals surface area contributed by atoms with Crippen LogP contribution in [0.1, 0.15) is 27.2 Å². The molecule has 1 aromatic heterocycles. The lowest BCUT2D eigenvalue weighted by Gasteiger charge is -2.24. The summed E-state index contributed by atoms with van der Waals surface area (Å²) in [5.74, 6) is 0.793. The normalized spacial score (nSPS) is 10.9. The fourth-order valence-electron chi connectivity index (χ4n) is 1.96. The molecule has 102 valence electrons. The molecule has 0 fully saturated rings. The molecular formula is C13H23ClN4. The first-order valence-electron chi connectivity index (χ1n) is 6.66. The summed E-state index contributed by atoms with van der Waals surface area (Å²) in [5.41, 5.74) is 0. The first-order chi connectivity index (χ1) is 8.72. The fraction of sp³-hybridized carbons (Fsp3) is 0.692. The Hall–Kier alpha value is -0.870. The average molecular weight is 271 g/mol. The smallest absolute Gasteiger partial charge is 0.171 e. The predicted octanol–water partition coefficient (Wildman–Crippen LogP) is 2.69. The van der Waals surface area contributed by atoms with Crippen LogP contribution in [0, 0.1) is 0 Å². The van der Waals surface area contributed by atoms with Gasteiger partial charge in [0.2, 0.25) is 0 Å². The fourth-order valence-corrected chi connectivity index (χ4v) is 2.19. The summed E-state index contributed by atoms with van der Waals surface area (Å²) in [6.07, 6.45) is 4.42. The van der Waals surface area contributed by atoms with E-state index < -0.39 is 0 Å². The van der Waals surface area contributed by atoms with Crippen LogP contribution in [0.25, 0.3) is 0 Å². The first kappa shape index (κ1) is 15.2. The van der Waals surface area contributed by atoms with Crippen LogP contribution >= 0.6 is 11.6 Å². The highest BCUT2D eigenvalue weighted by atomic mass is 35.5. The minimum Gasteiger partial charge on any atom is -0.354 e. The Kier molecular flexibility index (Phi) is 6.98. The van der Waals surface area contributed by atoms with Crippen LogP contribution in [0.2, 0.25) is 5.15 Å². The van der Waals surface area contributed by atoms with Crippen LogP contribution in [0.15, 0.2) is 12.4 Å². The number of aromatic nitrogens is 2. The monoisotopic (exact) mass is 270 g/mol. The van der Waals surface area contributed by atoms with Crippen molar-refractivity contribution in [3.63, 3.8) is 0 Å². The van der Waals surface area contributed by atoms with E-state index in [2.05, 4.69) is 40.5 Å². The molecule has 0 saturated heterocycles. The molecule has 0 bridgehead atoms. The molecule has 1 aromatic rings. The van der Waals surface area contributed by atoms with E-state index in [1.807, 2.05) is 0 Å². The Balaban J connectivity index is 2.50. The Labute approximate surface area is 115 Å². The quantitative estimate of drug-likeness (QED) is 0.727. The van der Waals surface area contributed by atoms with Crippen LogP contribution in [-0.4, -0.2) is 47.6 Å². The van der Waals surface area contributed by atoms with Gasteiger partial charge in [0.15, 0.2) is 11.0 Å². The average Bonchev–Trinajstić information content (AvgIpc) is 2.40. The van der Waals surface area contributed by atoms with E-state index in [0.29, 0.717) is 5.15 Å². The summed E-state index contributed by atoms with van der Waals surface area (Å²) >= 11 is 6.07. The van der Waals surface area contributed by atoms with Gasteiger partial charge in [0.1, 0.15) is 0 Å². The molecule has 0 N–H and O–H groups in total. The van der Waals surface area contributed by atoms with Crippen LogP contribution in [0.5, 0.6) is 0 Å². The maximum atomic E-state index is 6.07. The van der Waals surface area contributed by atoms with Gasteiger partial charge in [-0.05, 0) is 33.0 Å². The van der Waals surface area contributed by atoms with Gasteiger partial charge in [-0.1, -0.05) is 25.4 Å². The molecule has 0 unspecified atom stereocenters. The molecule has 0 spiro atoms. The molecule has 0 amide bonds. The van der Waals surface area contributed by atoms with Gasteiger partial charge in [-0.2, -0.15) is 0 Å². The van der Waals surface area contributed by atoms with Gasteiger partial charge in [0.05, 0.1) is 0 Å². The molecule has 0 aliphatic rings. The second-order valence-corrected chi connectivity index (χ2v) is 4.49. The Morgan fingerprint density at radius 3 is 2.22 bits per heavy atom. The molecule has 4 nitrogen and oxygen atoms in total. The number of hydrogen-bond acceptors (Lipinski definition) is 4. The van der Waals surface area contributed by atoms with E-state index in [-0.39, 0.29) is 0 Å². The summed E-state index contributed by atoms with van der Waals surface area (Å²) in [4.78, 5) is 13.0. The number of anilines is 1. The minimum atomic E-state index is 0.488. The van der Waals surface area contributed by atoms with Crippen LogP contribution < -0.4 is 4.90 Å². The van der Waals surface area contributed by atoms with Gasteiger partial charge in [-0.15, -0.1) is 0 Å². The molecular weight excluding hydrogens is 248 g/mol. The zero-order chi connectivity index (χ0) is 13.4. The van der Waals surface area contributed by atoms with Gasteiger partial charge in [0.25, 0.3) is 0 Å². The number of nitrogens with zero attached hydrogens (tertiary/aromatic N) is 4. The van der Waals surface area contributed by atoms with E-state index >= 15 is 0 Å². The molecule has 0 aliphatic heterocycles. The molecule has 1 heterocycles. The Morgan fingerprint density at radius 1 is 1.00 bits per heavy atom. The molecule has 0 radical (unpaired) electrons. The van der Waals surface area contributed by atoms with Crippen LogP contribution in [0.4, 0.5) is 5.82 Å². The molecule has 0 aliphatic carbocycles. The highest BCUT2D eigenvalue weighted by Gasteiger charge is 2.10. The summed E-state index contributed by atoms with van der Waals surface area (Å²) < 4.78 is 0. The zero-order valence-corrected chi connectivity index (χ0v) is 12.3. The van der Waals surface area contributed by atoms with Crippen molar-refractivity contribution < 1.29 is 0 Å². The molecule has 0 aromatic carbocycles. The van der Waals surface area contributed by atoms with E-state index in [0.717, 1.165) is 45.0 Å². The maximum Gasteiger partial charge on any atom is 0.171 e. The standard InChI is InChI=1S/C13H23ClN4/c1-4-17(5-2)10-7-11-18(6-3)13-12(14)15-8-9-16-13/h8-9H,4-7,10-11H2,1-3H3. The third kappa shape index (κ3) is 4.42. The summed E-state index contributed by atoms with van der Waals surface area (Å²) in [6, 6.07) is 0. The Bertz CT molecular complexity index is 342. The molecule has 1 rings (SSSR count). The third-order valence-corrected chi connectivity index (χ3v) is 3.38. The van der Waals surface area contributed by atoms with Crippen molar-refractivity contribution in [1.29, 1.82) is 0 Å².